The molecular formula is C25H31N3O5. The Bertz CT molecular complexity index is 1070. The van der Waals surface area contributed by atoms with Crippen molar-refractivity contribution in [2.45, 2.75) is 39.8 Å². The van der Waals surface area contributed by atoms with Crippen molar-refractivity contribution in [3.8, 4) is 17.2 Å². The van der Waals surface area contributed by atoms with E-state index in [9.17, 15) is 9.59 Å². The summed E-state index contributed by atoms with van der Waals surface area (Å²) in [5.74, 6) is 1.93. The smallest absolute Gasteiger partial charge is 0.251 e. The van der Waals surface area contributed by atoms with Crippen LogP contribution in [0, 0.1) is 5.92 Å². The maximum Gasteiger partial charge on any atom is 0.251 e. The molecule has 0 unspecified atom stereocenters. The zero-order chi connectivity index (χ0) is 23.5. The molecule has 0 spiro atoms. The molecule has 8 nitrogen and oxygen atoms in total. The second-order valence-corrected chi connectivity index (χ2v) is 8.93. The van der Waals surface area contributed by atoms with Gasteiger partial charge in [-0.05, 0) is 43.1 Å². The maximum absolute atomic E-state index is 12.9. The molecule has 0 aliphatic carbocycles. The van der Waals surface area contributed by atoms with E-state index in [-0.39, 0.29) is 24.5 Å². The fourth-order valence-corrected chi connectivity index (χ4v) is 4.38. The normalized spacial score (nSPS) is 14.7. The minimum absolute atomic E-state index is 0.0647. The van der Waals surface area contributed by atoms with Gasteiger partial charge in [-0.2, -0.15) is 0 Å². The number of benzene rings is 2. The van der Waals surface area contributed by atoms with Crippen LogP contribution in [0.4, 0.5) is 5.69 Å². The molecule has 0 bridgehead atoms. The molecular weight excluding hydrogens is 422 g/mol. The minimum atomic E-state index is -0.222. The average Bonchev–Trinajstić information content (AvgIpc) is 3.25. The van der Waals surface area contributed by atoms with Crippen LogP contribution in [0.2, 0.25) is 0 Å². The zero-order valence-electron chi connectivity index (χ0n) is 19.6. The van der Waals surface area contributed by atoms with Crippen LogP contribution < -0.4 is 24.8 Å². The largest absolute Gasteiger partial charge is 0.492 e. The lowest BCUT2D eigenvalue weighted by Crippen LogP contribution is -2.30. The second-order valence-electron chi connectivity index (χ2n) is 8.93. The second kappa shape index (κ2) is 9.70. The molecule has 0 saturated carbocycles. The monoisotopic (exact) mass is 453 g/mol. The van der Waals surface area contributed by atoms with E-state index in [1.807, 2.05) is 13.8 Å². The van der Waals surface area contributed by atoms with Crippen molar-refractivity contribution >= 4 is 17.5 Å². The van der Waals surface area contributed by atoms with Gasteiger partial charge in [-0.1, -0.05) is 19.9 Å². The van der Waals surface area contributed by atoms with Crippen LogP contribution >= 0.6 is 0 Å². The molecule has 2 aromatic carbocycles. The molecule has 0 fully saturated rings. The van der Waals surface area contributed by atoms with Gasteiger partial charge in [0, 0.05) is 48.4 Å². The van der Waals surface area contributed by atoms with Crippen LogP contribution in [0.25, 0.3) is 0 Å². The number of amides is 2. The number of ether oxygens (including phenoxy) is 3. The number of hydrogen-bond donors (Lipinski definition) is 2. The van der Waals surface area contributed by atoms with Gasteiger partial charge >= 0.3 is 0 Å². The van der Waals surface area contributed by atoms with Gasteiger partial charge in [0.25, 0.3) is 5.91 Å². The highest BCUT2D eigenvalue weighted by Crippen LogP contribution is 2.49. The highest BCUT2D eigenvalue weighted by molar-refractivity contribution is 5.97. The standard InChI is InChI=1S/C25H31N3O5/c1-15(2)10-21(29)27-17-7-5-6-16(11-17)25(30)26-12-19-18-8-9-28(3)13-20(18)22(31-4)24-23(19)32-14-33-24/h5-7,11,15H,8-10,12-14H2,1-4H3,(H,26,30)(H,27,29). The van der Waals surface area contributed by atoms with E-state index in [1.54, 1.807) is 31.4 Å². The molecule has 33 heavy (non-hydrogen) atoms. The van der Waals surface area contributed by atoms with Gasteiger partial charge in [0.2, 0.25) is 18.4 Å². The Hall–Kier alpha value is -3.26. The van der Waals surface area contributed by atoms with E-state index in [0.717, 1.165) is 36.2 Å². The number of carbonyl (C=O) groups excluding carboxylic acids is 2. The predicted molar refractivity (Wildman–Crippen MR) is 125 cm³/mol. The molecule has 2 aromatic rings. The van der Waals surface area contributed by atoms with Crippen LogP contribution in [0.1, 0.15) is 47.3 Å². The van der Waals surface area contributed by atoms with Gasteiger partial charge in [-0.15, -0.1) is 0 Å². The van der Waals surface area contributed by atoms with E-state index in [4.69, 9.17) is 14.2 Å². The Morgan fingerprint density at radius 2 is 1.97 bits per heavy atom. The highest BCUT2D eigenvalue weighted by atomic mass is 16.7. The number of likely N-dealkylation sites (N-methyl/N-ethyl adjacent to an activating group) is 1. The summed E-state index contributed by atoms with van der Waals surface area (Å²) in [6, 6.07) is 6.97. The Kier molecular flexibility index (Phi) is 6.74. The highest BCUT2D eigenvalue weighted by Gasteiger charge is 2.32. The maximum atomic E-state index is 12.9. The van der Waals surface area contributed by atoms with Crippen LogP contribution in [0.15, 0.2) is 24.3 Å². The third kappa shape index (κ3) is 4.90. The van der Waals surface area contributed by atoms with E-state index in [0.29, 0.717) is 41.5 Å². The SMILES string of the molecule is COc1c2c(c(CNC(=O)c3cccc(NC(=O)CC(C)C)c3)c3c1OCO3)CCN(C)C2. The first-order valence-electron chi connectivity index (χ1n) is 11.2. The van der Waals surface area contributed by atoms with Gasteiger partial charge in [0.1, 0.15) is 0 Å². The summed E-state index contributed by atoms with van der Waals surface area (Å²) >= 11 is 0. The van der Waals surface area contributed by atoms with Crippen LogP contribution in [0.5, 0.6) is 17.2 Å². The number of anilines is 1. The molecule has 2 aliphatic rings. The van der Waals surface area contributed by atoms with Crippen molar-refractivity contribution < 1.29 is 23.8 Å². The first kappa shape index (κ1) is 22.9. The number of nitrogens with zero attached hydrogens (tertiary/aromatic N) is 1. The third-order valence-electron chi connectivity index (χ3n) is 5.90. The van der Waals surface area contributed by atoms with Crippen LogP contribution in [0.3, 0.4) is 0 Å². The zero-order valence-corrected chi connectivity index (χ0v) is 19.6. The van der Waals surface area contributed by atoms with E-state index in [2.05, 4.69) is 22.6 Å². The third-order valence-corrected chi connectivity index (χ3v) is 5.90. The first-order valence-corrected chi connectivity index (χ1v) is 11.2. The summed E-state index contributed by atoms with van der Waals surface area (Å²) in [6.45, 7) is 6.08. The summed E-state index contributed by atoms with van der Waals surface area (Å²) in [5.41, 5.74) is 4.24. The lowest BCUT2D eigenvalue weighted by atomic mass is 9.92. The summed E-state index contributed by atoms with van der Waals surface area (Å²) in [6.07, 6.45) is 1.27. The van der Waals surface area contributed by atoms with Gasteiger partial charge < -0.3 is 29.7 Å². The lowest BCUT2D eigenvalue weighted by molar-refractivity contribution is -0.116. The molecule has 176 valence electrons. The summed E-state index contributed by atoms with van der Waals surface area (Å²) in [7, 11) is 3.71. The molecule has 2 N–H and O–H groups in total. The lowest BCUT2D eigenvalue weighted by Gasteiger charge is -2.29. The van der Waals surface area contributed by atoms with Crippen molar-refractivity contribution in [2.75, 3.05) is 32.8 Å². The number of fused-ring (bicyclic) bond motifs is 2. The predicted octanol–water partition coefficient (Wildman–Crippen LogP) is 3.33. The summed E-state index contributed by atoms with van der Waals surface area (Å²) in [5, 5.41) is 5.87. The van der Waals surface area contributed by atoms with Crippen molar-refractivity contribution in [3.05, 3.63) is 46.5 Å². The van der Waals surface area contributed by atoms with Gasteiger partial charge in [-0.25, -0.2) is 0 Å². The number of methoxy groups -OCH3 is 1. The van der Waals surface area contributed by atoms with E-state index < -0.39 is 0 Å². The van der Waals surface area contributed by atoms with Crippen LogP contribution in [-0.2, 0) is 24.3 Å². The molecule has 0 saturated heterocycles. The molecule has 0 radical (unpaired) electrons. The Balaban J connectivity index is 1.54. The first-order chi connectivity index (χ1) is 15.9. The molecule has 2 amide bonds. The Morgan fingerprint density at radius 1 is 1.18 bits per heavy atom. The van der Waals surface area contributed by atoms with Crippen molar-refractivity contribution in [2.24, 2.45) is 5.92 Å². The molecule has 0 atom stereocenters. The summed E-state index contributed by atoms with van der Waals surface area (Å²) in [4.78, 5) is 27.3. The minimum Gasteiger partial charge on any atom is -0.492 e. The number of carbonyl (C=O) groups is 2. The summed E-state index contributed by atoms with van der Waals surface area (Å²) < 4.78 is 17.2. The van der Waals surface area contributed by atoms with Crippen molar-refractivity contribution in [1.82, 2.24) is 10.2 Å². The number of hydrogen-bond acceptors (Lipinski definition) is 6. The average molecular weight is 454 g/mol. The fourth-order valence-electron chi connectivity index (χ4n) is 4.38. The van der Waals surface area contributed by atoms with Crippen molar-refractivity contribution in [1.29, 1.82) is 0 Å². The van der Waals surface area contributed by atoms with E-state index in [1.165, 1.54) is 0 Å². The molecule has 2 heterocycles. The fraction of sp³-hybridized carbons (Fsp3) is 0.440. The topological polar surface area (TPSA) is 89.1 Å². The molecule has 2 aliphatic heterocycles. The van der Waals surface area contributed by atoms with Gasteiger partial charge in [0.15, 0.2) is 11.5 Å². The van der Waals surface area contributed by atoms with Crippen molar-refractivity contribution in [3.63, 3.8) is 0 Å². The molecule has 8 heteroatoms. The van der Waals surface area contributed by atoms with Crippen LogP contribution in [-0.4, -0.2) is 44.2 Å². The number of nitrogens with one attached hydrogen (secondary N) is 2. The quantitative estimate of drug-likeness (QED) is 0.669. The molecule has 4 rings (SSSR count). The number of rotatable bonds is 7. The van der Waals surface area contributed by atoms with E-state index >= 15 is 0 Å². The Morgan fingerprint density at radius 3 is 2.73 bits per heavy atom. The molecule has 0 aromatic heterocycles. The Labute approximate surface area is 194 Å². The van der Waals surface area contributed by atoms with Gasteiger partial charge in [0.05, 0.1) is 7.11 Å². The van der Waals surface area contributed by atoms with Gasteiger partial charge in [-0.3, -0.25) is 9.59 Å².